The van der Waals surface area contributed by atoms with Gasteiger partial charge < -0.3 is 10.6 Å². The third-order valence-electron chi connectivity index (χ3n) is 1.34. The van der Waals surface area contributed by atoms with E-state index in [0.717, 1.165) is 6.20 Å². The van der Waals surface area contributed by atoms with Crippen LogP contribution in [-0.4, -0.2) is 23.9 Å². The van der Waals surface area contributed by atoms with E-state index < -0.39 is 16.5 Å². The van der Waals surface area contributed by atoms with Crippen molar-refractivity contribution >= 4 is 5.91 Å². The average molecular weight is 211 g/mol. The number of amides is 1. The van der Waals surface area contributed by atoms with Crippen molar-refractivity contribution in [3.05, 3.63) is 47.3 Å². The predicted molar refractivity (Wildman–Crippen MR) is 56.5 cm³/mol. The monoisotopic (exact) mass is 211 g/mol. The molecule has 0 unspecified atom stereocenters. The molecule has 0 aromatic rings. The molecule has 0 bridgehead atoms. The van der Waals surface area contributed by atoms with Crippen molar-refractivity contribution in [1.29, 1.82) is 0 Å². The van der Waals surface area contributed by atoms with Crippen molar-refractivity contribution in [3.8, 4) is 0 Å². The van der Waals surface area contributed by atoms with Gasteiger partial charge in [-0.1, -0.05) is 12.2 Å². The first-order valence-corrected chi connectivity index (χ1v) is 4.21. The molecule has 6 heteroatoms. The Labute approximate surface area is 87.5 Å². The number of hydrogen-bond donors (Lipinski definition) is 2. The lowest BCUT2D eigenvalue weighted by Gasteiger charge is -2.00. The van der Waals surface area contributed by atoms with Gasteiger partial charge in [-0.2, -0.15) is 0 Å². The Morgan fingerprint density at radius 2 is 1.93 bits per heavy atom. The molecule has 0 saturated heterocycles. The molecular formula is C9H13N3O3. The number of carbonyl (C=O) groups is 1. The van der Waals surface area contributed by atoms with Crippen LogP contribution < -0.4 is 10.6 Å². The maximum Gasteiger partial charge on any atom is 0.348 e. The maximum absolute atomic E-state index is 11.2. The highest BCUT2D eigenvalue weighted by Crippen LogP contribution is 1.93. The van der Waals surface area contributed by atoms with Gasteiger partial charge in [0, 0.05) is 13.1 Å². The fourth-order valence-electron chi connectivity index (χ4n) is 0.696. The van der Waals surface area contributed by atoms with Crippen molar-refractivity contribution in [3.63, 3.8) is 0 Å². The first-order valence-electron chi connectivity index (χ1n) is 4.21. The van der Waals surface area contributed by atoms with Crippen LogP contribution >= 0.6 is 0 Å². The summed E-state index contributed by atoms with van der Waals surface area (Å²) in [5, 5.41) is 15.4. The Hall–Kier alpha value is -2.11. The standard InChI is InChI=1S/C9H13N3O3/c1-3-5-10-7-8(12(14)15)9(13)11-6-4-2/h3-4,7,10H,1-2,5-6H2,(H,11,13). The van der Waals surface area contributed by atoms with Crippen LogP contribution in [0.4, 0.5) is 0 Å². The number of carbonyl (C=O) groups excluding carboxylic acids is 1. The van der Waals surface area contributed by atoms with Gasteiger partial charge in [-0.25, -0.2) is 0 Å². The van der Waals surface area contributed by atoms with Gasteiger partial charge in [-0.05, 0) is 0 Å². The van der Waals surface area contributed by atoms with Gasteiger partial charge in [-0.3, -0.25) is 14.9 Å². The van der Waals surface area contributed by atoms with E-state index in [2.05, 4.69) is 23.8 Å². The van der Waals surface area contributed by atoms with E-state index in [0.29, 0.717) is 6.54 Å². The summed E-state index contributed by atoms with van der Waals surface area (Å²) in [7, 11) is 0. The zero-order valence-electron chi connectivity index (χ0n) is 8.23. The lowest BCUT2D eigenvalue weighted by Crippen LogP contribution is -2.29. The second kappa shape index (κ2) is 7.31. The van der Waals surface area contributed by atoms with Crippen molar-refractivity contribution in [2.45, 2.75) is 0 Å². The molecule has 0 aliphatic carbocycles. The molecule has 0 rings (SSSR count). The highest BCUT2D eigenvalue weighted by Gasteiger charge is 2.20. The zero-order valence-corrected chi connectivity index (χ0v) is 8.23. The molecule has 15 heavy (non-hydrogen) atoms. The highest BCUT2D eigenvalue weighted by atomic mass is 16.6. The number of hydrogen-bond acceptors (Lipinski definition) is 4. The van der Waals surface area contributed by atoms with Crippen LogP contribution in [0.15, 0.2) is 37.2 Å². The van der Waals surface area contributed by atoms with E-state index in [4.69, 9.17) is 0 Å². The first kappa shape index (κ1) is 12.9. The maximum atomic E-state index is 11.2. The second-order valence-electron chi connectivity index (χ2n) is 2.48. The average Bonchev–Trinajstić information content (AvgIpc) is 2.20. The molecule has 0 heterocycles. The first-order chi connectivity index (χ1) is 7.13. The van der Waals surface area contributed by atoms with Gasteiger partial charge in [0.05, 0.1) is 11.1 Å². The molecule has 2 N–H and O–H groups in total. The molecule has 0 atom stereocenters. The normalized spacial score (nSPS) is 10.3. The molecule has 0 spiro atoms. The molecule has 0 aliphatic heterocycles. The lowest BCUT2D eigenvalue weighted by atomic mass is 10.4. The summed E-state index contributed by atoms with van der Waals surface area (Å²) in [5.41, 5.74) is -0.543. The number of nitrogens with zero attached hydrogens (tertiary/aromatic N) is 1. The van der Waals surface area contributed by atoms with Gasteiger partial charge in [0.2, 0.25) is 0 Å². The molecule has 0 radical (unpaired) electrons. The third kappa shape index (κ3) is 5.25. The summed E-state index contributed by atoms with van der Waals surface area (Å²) in [6, 6.07) is 0. The van der Waals surface area contributed by atoms with Gasteiger partial charge in [0.1, 0.15) is 0 Å². The van der Waals surface area contributed by atoms with Crippen molar-refractivity contribution in [2.75, 3.05) is 13.1 Å². The summed E-state index contributed by atoms with van der Waals surface area (Å²) in [6.07, 6.45) is 4.00. The molecular weight excluding hydrogens is 198 g/mol. The van der Waals surface area contributed by atoms with Crippen molar-refractivity contribution in [2.24, 2.45) is 0 Å². The van der Waals surface area contributed by atoms with E-state index in [-0.39, 0.29) is 6.54 Å². The molecule has 0 aliphatic rings. The largest absolute Gasteiger partial charge is 0.382 e. The van der Waals surface area contributed by atoms with Crippen molar-refractivity contribution in [1.82, 2.24) is 10.6 Å². The van der Waals surface area contributed by atoms with E-state index >= 15 is 0 Å². The quantitative estimate of drug-likeness (QED) is 0.207. The minimum atomic E-state index is -0.755. The predicted octanol–water partition coefficient (Wildman–Crippen LogP) is 0.182. The minimum Gasteiger partial charge on any atom is -0.382 e. The zero-order chi connectivity index (χ0) is 11.7. The summed E-state index contributed by atoms with van der Waals surface area (Å²) in [4.78, 5) is 20.9. The Morgan fingerprint density at radius 1 is 1.33 bits per heavy atom. The fraction of sp³-hybridized carbons (Fsp3) is 0.222. The van der Waals surface area contributed by atoms with Crippen LogP contribution in [0.2, 0.25) is 0 Å². The Morgan fingerprint density at radius 3 is 2.40 bits per heavy atom. The summed E-state index contributed by atoms with van der Waals surface area (Å²) >= 11 is 0. The van der Waals surface area contributed by atoms with E-state index in [1.54, 1.807) is 0 Å². The van der Waals surface area contributed by atoms with Gasteiger partial charge >= 0.3 is 11.6 Å². The molecule has 0 aromatic carbocycles. The lowest BCUT2D eigenvalue weighted by molar-refractivity contribution is -0.419. The van der Waals surface area contributed by atoms with Crippen LogP contribution in [0.5, 0.6) is 0 Å². The third-order valence-corrected chi connectivity index (χ3v) is 1.34. The minimum absolute atomic E-state index is 0.186. The summed E-state index contributed by atoms with van der Waals surface area (Å²) < 4.78 is 0. The van der Waals surface area contributed by atoms with Crippen LogP contribution in [-0.2, 0) is 4.79 Å². The topological polar surface area (TPSA) is 84.3 Å². The number of nitro groups is 1. The Kier molecular flexibility index (Phi) is 6.28. The van der Waals surface area contributed by atoms with E-state index in [1.165, 1.54) is 12.2 Å². The molecule has 82 valence electrons. The van der Waals surface area contributed by atoms with E-state index in [1.807, 2.05) is 0 Å². The van der Waals surface area contributed by atoms with Gasteiger partial charge in [0.25, 0.3) is 0 Å². The second-order valence-corrected chi connectivity index (χ2v) is 2.48. The molecule has 0 saturated carbocycles. The SMILES string of the molecule is C=CCNC=C(C(=O)NCC=C)[N+](=O)[O-]. The molecule has 1 amide bonds. The van der Waals surface area contributed by atoms with Crippen LogP contribution in [0, 0.1) is 10.1 Å². The number of rotatable bonds is 7. The Bertz CT molecular complexity index is 297. The number of nitrogens with one attached hydrogen (secondary N) is 2. The van der Waals surface area contributed by atoms with E-state index in [9.17, 15) is 14.9 Å². The molecule has 6 nitrogen and oxygen atoms in total. The van der Waals surface area contributed by atoms with Crippen LogP contribution in [0.1, 0.15) is 0 Å². The van der Waals surface area contributed by atoms with Crippen LogP contribution in [0.3, 0.4) is 0 Å². The van der Waals surface area contributed by atoms with Crippen LogP contribution in [0.25, 0.3) is 0 Å². The molecule has 0 fully saturated rings. The highest BCUT2D eigenvalue weighted by molar-refractivity contribution is 5.90. The summed E-state index contributed by atoms with van der Waals surface area (Å²) in [6.45, 7) is 7.34. The Balaban J connectivity index is 4.43. The van der Waals surface area contributed by atoms with Gasteiger partial charge in [0.15, 0.2) is 0 Å². The van der Waals surface area contributed by atoms with Gasteiger partial charge in [-0.15, -0.1) is 13.2 Å². The molecule has 0 aromatic heterocycles. The smallest absolute Gasteiger partial charge is 0.348 e. The fourth-order valence-corrected chi connectivity index (χ4v) is 0.696. The summed E-state index contributed by atoms with van der Waals surface area (Å²) in [5.74, 6) is -0.753. The van der Waals surface area contributed by atoms with Crippen molar-refractivity contribution < 1.29 is 9.72 Å².